The summed E-state index contributed by atoms with van der Waals surface area (Å²) in [5.74, 6) is 0.610. The van der Waals surface area contributed by atoms with Crippen LogP contribution in [0.15, 0.2) is 0 Å². The van der Waals surface area contributed by atoms with Crippen molar-refractivity contribution in [2.45, 2.75) is 148 Å². The number of aliphatic hydroxyl groups is 1. The summed E-state index contributed by atoms with van der Waals surface area (Å²) in [4.78, 5) is 0. The van der Waals surface area contributed by atoms with Crippen molar-refractivity contribution in [2.24, 2.45) is 0 Å². The van der Waals surface area contributed by atoms with E-state index in [4.69, 9.17) is 0 Å². The van der Waals surface area contributed by atoms with Crippen LogP contribution in [0.2, 0.25) is 0 Å². The highest BCUT2D eigenvalue weighted by molar-refractivity contribution is 7.80. The molecule has 0 radical (unpaired) electrons. The van der Waals surface area contributed by atoms with Crippen molar-refractivity contribution >= 4 is 12.6 Å². The van der Waals surface area contributed by atoms with Gasteiger partial charge in [-0.05, 0) is 6.42 Å². The summed E-state index contributed by atoms with van der Waals surface area (Å²) >= 11 is 4.11. The molecule has 1 N–H and O–H groups in total. The molecular formula is C24H50OS. The van der Waals surface area contributed by atoms with Crippen molar-refractivity contribution in [3.8, 4) is 0 Å². The third-order valence-electron chi connectivity index (χ3n) is 5.60. The predicted octanol–water partition coefficient (Wildman–Crippen LogP) is 8.49. The molecule has 0 saturated heterocycles. The molecule has 1 atom stereocenters. The fourth-order valence-electron chi connectivity index (χ4n) is 3.73. The third-order valence-corrected chi connectivity index (χ3v) is 6.02. The van der Waals surface area contributed by atoms with Crippen molar-refractivity contribution in [1.82, 2.24) is 0 Å². The van der Waals surface area contributed by atoms with Crippen LogP contribution in [0.4, 0.5) is 0 Å². The Bertz CT molecular complexity index is 244. The standard InChI is InChI=1S/C24H50OS/c1-2-3-4-5-6-7-8-9-10-11-12-13-14-15-16-17-18-19-20-21-22-24(25)23-26/h24-26H,2-23H2,1H3. The number of hydrogen-bond donors (Lipinski definition) is 2. The Labute approximate surface area is 171 Å². The van der Waals surface area contributed by atoms with Crippen LogP contribution >= 0.6 is 12.6 Å². The number of unbranched alkanes of at least 4 members (excludes halogenated alkanes) is 19. The first-order valence-electron chi connectivity index (χ1n) is 12.1. The van der Waals surface area contributed by atoms with Crippen LogP contribution in [-0.2, 0) is 0 Å². The van der Waals surface area contributed by atoms with Crippen LogP contribution in [0.25, 0.3) is 0 Å². The van der Waals surface area contributed by atoms with Crippen molar-refractivity contribution in [1.29, 1.82) is 0 Å². The minimum atomic E-state index is -0.186. The first-order chi connectivity index (χ1) is 12.8. The number of rotatable bonds is 22. The Kier molecular flexibility index (Phi) is 23.6. The molecule has 0 heterocycles. The molecule has 158 valence electrons. The van der Waals surface area contributed by atoms with E-state index >= 15 is 0 Å². The molecule has 0 aliphatic rings. The van der Waals surface area contributed by atoms with E-state index in [0.29, 0.717) is 5.75 Å². The summed E-state index contributed by atoms with van der Waals surface area (Å²) in [6.07, 6.45) is 29.1. The molecule has 1 unspecified atom stereocenters. The van der Waals surface area contributed by atoms with Crippen LogP contribution in [0.5, 0.6) is 0 Å². The average Bonchev–Trinajstić information content (AvgIpc) is 2.66. The van der Waals surface area contributed by atoms with Gasteiger partial charge in [0.15, 0.2) is 0 Å². The SMILES string of the molecule is CCCCCCCCCCCCCCCCCCCCCCC(O)CS. The fourth-order valence-corrected chi connectivity index (χ4v) is 3.91. The second-order valence-corrected chi connectivity index (χ2v) is 8.71. The van der Waals surface area contributed by atoms with Crippen molar-refractivity contribution in [3.63, 3.8) is 0 Å². The van der Waals surface area contributed by atoms with Gasteiger partial charge in [0.05, 0.1) is 6.10 Å². The predicted molar refractivity (Wildman–Crippen MR) is 122 cm³/mol. The van der Waals surface area contributed by atoms with E-state index in [2.05, 4.69) is 19.6 Å². The van der Waals surface area contributed by atoms with Crippen molar-refractivity contribution in [2.75, 3.05) is 5.75 Å². The van der Waals surface area contributed by atoms with Gasteiger partial charge >= 0.3 is 0 Å². The molecule has 0 saturated carbocycles. The molecule has 0 bridgehead atoms. The molecule has 0 aromatic rings. The van der Waals surface area contributed by atoms with Gasteiger partial charge in [-0.2, -0.15) is 12.6 Å². The van der Waals surface area contributed by atoms with E-state index < -0.39 is 0 Å². The molecule has 0 amide bonds. The molecule has 0 aromatic heterocycles. The van der Waals surface area contributed by atoms with E-state index in [0.717, 1.165) is 6.42 Å². The first-order valence-corrected chi connectivity index (χ1v) is 12.7. The monoisotopic (exact) mass is 386 g/mol. The fraction of sp³-hybridized carbons (Fsp3) is 1.00. The van der Waals surface area contributed by atoms with E-state index in [1.807, 2.05) is 0 Å². The molecule has 1 nitrogen and oxygen atoms in total. The van der Waals surface area contributed by atoms with Gasteiger partial charge in [0.25, 0.3) is 0 Å². The van der Waals surface area contributed by atoms with Crippen LogP contribution in [-0.4, -0.2) is 17.0 Å². The maximum atomic E-state index is 9.43. The molecule has 0 aliphatic carbocycles. The lowest BCUT2D eigenvalue weighted by Crippen LogP contribution is -2.07. The van der Waals surface area contributed by atoms with E-state index in [9.17, 15) is 5.11 Å². The van der Waals surface area contributed by atoms with Gasteiger partial charge in [-0.1, -0.05) is 135 Å². The van der Waals surface area contributed by atoms with Crippen LogP contribution < -0.4 is 0 Å². The molecule has 26 heavy (non-hydrogen) atoms. The second kappa shape index (κ2) is 23.3. The Morgan fingerprint density at radius 1 is 0.500 bits per heavy atom. The molecule has 0 aliphatic heterocycles. The maximum Gasteiger partial charge on any atom is 0.0628 e. The lowest BCUT2D eigenvalue weighted by atomic mass is 10.0. The quantitative estimate of drug-likeness (QED) is 0.141. The number of aliphatic hydroxyl groups excluding tert-OH is 1. The zero-order chi connectivity index (χ0) is 19.1. The minimum Gasteiger partial charge on any atom is -0.392 e. The van der Waals surface area contributed by atoms with Gasteiger partial charge in [-0.25, -0.2) is 0 Å². The lowest BCUT2D eigenvalue weighted by Gasteiger charge is -2.06. The topological polar surface area (TPSA) is 20.2 Å². The Morgan fingerprint density at radius 3 is 1.04 bits per heavy atom. The molecule has 0 spiro atoms. The van der Waals surface area contributed by atoms with Gasteiger partial charge in [-0.15, -0.1) is 0 Å². The van der Waals surface area contributed by atoms with Crippen molar-refractivity contribution < 1.29 is 5.11 Å². The molecule has 0 aromatic carbocycles. The van der Waals surface area contributed by atoms with E-state index in [-0.39, 0.29) is 6.10 Å². The molecule has 0 rings (SSSR count). The zero-order valence-electron chi connectivity index (χ0n) is 18.0. The van der Waals surface area contributed by atoms with E-state index in [1.165, 1.54) is 128 Å². The zero-order valence-corrected chi connectivity index (χ0v) is 18.9. The second-order valence-electron chi connectivity index (χ2n) is 8.34. The average molecular weight is 387 g/mol. The van der Waals surface area contributed by atoms with Gasteiger partial charge in [0.1, 0.15) is 0 Å². The smallest absolute Gasteiger partial charge is 0.0628 e. The first kappa shape index (κ1) is 26.3. The number of hydrogen-bond acceptors (Lipinski definition) is 2. The van der Waals surface area contributed by atoms with Crippen LogP contribution in [0.3, 0.4) is 0 Å². The summed E-state index contributed by atoms with van der Waals surface area (Å²) in [5, 5.41) is 9.43. The van der Waals surface area contributed by atoms with Crippen LogP contribution in [0.1, 0.15) is 142 Å². The summed E-state index contributed by atoms with van der Waals surface area (Å²) in [6.45, 7) is 2.29. The van der Waals surface area contributed by atoms with Crippen LogP contribution in [0, 0.1) is 0 Å². The van der Waals surface area contributed by atoms with E-state index in [1.54, 1.807) is 0 Å². The van der Waals surface area contributed by atoms with Gasteiger partial charge in [0, 0.05) is 5.75 Å². The highest BCUT2D eigenvalue weighted by Gasteiger charge is 2.00. The normalized spacial score (nSPS) is 12.6. The maximum absolute atomic E-state index is 9.43. The summed E-state index contributed by atoms with van der Waals surface area (Å²) in [7, 11) is 0. The molecule has 2 heteroatoms. The van der Waals surface area contributed by atoms with Gasteiger partial charge < -0.3 is 5.11 Å². The Morgan fingerprint density at radius 2 is 0.769 bits per heavy atom. The number of thiol groups is 1. The summed E-state index contributed by atoms with van der Waals surface area (Å²) < 4.78 is 0. The largest absolute Gasteiger partial charge is 0.392 e. The highest BCUT2D eigenvalue weighted by Crippen LogP contribution is 2.15. The minimum absolute atomic E-state index is 0.186. The molecular weight excluding hydrogens is 336 g/mol. The molecule has 0 fully saturated rings. The Hall–Kier alpha value is 0.310. The Balaban J connectivity index is 2.99. The van der Waals surface area contributed by atoms with Gasteiger partial charge in [-0.3, -0.25) is 0 Å². The van der Waals surface area contributed by atoms with Crippen molar-refractivity contribution in [3.05, 3.63) is 0 Å². The summed E-state index contributed by atoms with van der Waals surface area (Å²) in [6, 6.07) is 0. The highest BCUT2D eigenvalue weighted by atomic mass is 32.1. The summed E-state index contributed by atoms with van der Waals surface area (Å²) in [5.41, 5.74) is 0. The van der Waals surface area contributed by atoms with Gasteiger partial charge in [0.2, 0.25) is 0 Å². The lowest BCUT2D eigenvalue weighted by molar-refractivity contribution is 0.185. The third kappa shape index (κ3) is 22.4.